The number of nitrogens with zero attached hydrogens (tertiary/aromatic N) is 2. The number of hydrogen-bond donors (Lipinski definition) is 2. The summed E-state index contributed by atoms with van der Waals surface area (Å²) in [5.41, 5.74) is 0.685. The van der Waals surface area contributed by atoms with Gasteiger partial charge in [0.15, 0.2) is 0 Å². The molecule has 8 nitrogen and oxygen atoms in total. The third-order valence-electron chi connectivity index (χ3n) is 3.06. The van der Waals surface area contributed by atoms with Crippen molar-refractivity contribution in [2.45, 2.75) is 32.7 Å². The average molecular weight is 307 g/mol. The highest BCUT2D eigenvalue weighted by atomic mass is 16.5. The number of aryl methyl sites for hydroxylation is 1. The summed E-state index contributed by atoms with van der Waals surface area (Å²) in [6, 6.07) is 0.790. The van der Waals surface area contributed by atoms with E-state index in [1.165, 1.54) is 12.5 Å². The van der Waals surface area contributed by atoms with Crippen LogP contribution in [0.2, 0.25) is 0 Å². The van der Waals surface area contributed by atoms with Crippen molar-refractivity contribution in [3.63, 3.8) is 0 Å². The van der Waals surface area contributed by atoms with Crippen LogP contribution in [0.25, 0.3) is 11.4 Å². The predicted molar refractivity (Wildman–Crippen MR) is 74.7 cm³/mol. The number of aliphatic carboxylic acids is 1. The highest BCUT2D eigenvalue weighted by Crippen LogP contribution is 2.16. The lowest BCUT2D eigenvalue weighted by atomic mass is 10.0. The molecule has 2 heterocycles. The van der Waals surface area contributed by atoms with Crippen molar-refractivity contribution in [1.82, 2.24) is 15.5 Å². The van der Waals surface area contributed by atoms with Gasteiger partial charge in [-0.3, -0.25) is 4.79 Å². The molecule has 0 aliphatic rings. The topological polar surface area (TPSA) is 118 Å². The number of furan rings is 1. The van der Waals surface area contributed by atoms with Gasteiger partial charge in [0.05, 0.1) is 11.8 Å². The maximum atomic E-state index is 11.8. The molecular weight excluding hydrogens is 290 g/mol. The van der Waals surface area contributed by atoms with E-state index in [4.69, 9.17) is 14.0 Å². The van der Waals surface area contributed by atoms with E-state index in [1.54, 1.807) is 19.9 Å². The third kappa shape index (κ3) is 3.94. The Kier molecular flexibility index (Phi) is 4.92. The van der Waals surface area contributed by atoms with Crippen molar-refractivity contribution in [2.75, 3.05) is 0 Å². The number of amides is 1. The van der Waals surface area contributed by atoms with Gasteiger partial charge >= 0.3 is 5.97 Å². The Morgan fingerprint density at radius 1 is 1.41 bits per heavy atom. The molecule has 2 rings (SSSR count). The lowest BCUT2D eigenvalue weighted by Gasteiger charge is -2.17. The van der Waals surface area contributed by atoms with E-state index >= 15 is 0 Å². The maximum absolute atomic E-state index is 11.8. The number of carboxylic acid groups (broad SMARTS) is 1. The summed E-state index contributed by atoms with van der Waals surface area (Å²) in [5.74, 6) is -0.928. The average Bonchev–Trinajstić information content (AvgIpc) is 3.12. The molecule has 0 radical (unpaired) electrons. The predicted octanol–water partition coefficient (Wildman–Crippen LogP) is 1.49. The van der Waals surface area contributed by atoms with E-state index in [0.717, 1.165) is 0 Å². The van der Waals surface area contributed by atoms with Gasteiger partial charge in [-0.2, -0.15) is 4.98 Å². The molecule has 1 atom stereocenters. The fourth-order valence-corrected chi connectivity index (χ4v) is 1.84. The number of aromatic nitrogens is 2. The highest BCUT2D eigenvalue weighted by Gasteiger charge is 2.23. The van der Waals surface area contributed by atoms with Gasteiger partial charge in [0.1, 0.15) is 12.3 Å². The molecule has 0 saturated carbocycles. The van der Waals surface area contributed by atoms with Gasteiger partial charge in [-0.15, -0.1) is 0 Å². The minimum absolute atomic E-state index is 0.0729. The van der Waals surface area contributed by atoms with Gasteiger partial charge in [0.25, 0.3) is 0 Å². The second-order valence-corrected chi connectivity index (χ2v) is 5.15. The summed E-state index contributed by atoms with van der Waals surface area (Å²) in [6.07, 6.45) is 3.29. The van der Waals surface area contributed by atoms with Crippen LogP contribution in [0.4, 0.5) is 0 Å². The summed E-state index contributed by atoms with van der Waals surface area (Å²) in [6.45, 7) is 3.46. The second-order valence-electron chi connectivity index (χ2n) is 5.15. The quantitative estimate of drug-likeness (QED) is 0.795. The van der Waals surface area contributed by atoms with Crippen molar-refractivity contribution >= 4 is 11.9 Å². The van der Waals surface area contributed by atoms with Gasteiger partial charge in [0, 0.05) is 12.8 Å². The van der Waals surface area contributed by atoms with Crippen molar-refractivity contribution in [2.24, 2.45) is 5.92 Å². The molecular formula is C14H17N3O5. The highest BCUT2D eigenvalue weighted by molar-refractivity contribution is 5.83. The summed E-state index contributed by atoms with van der Waals surface area (Å²) in [5, 5.41) is 15.3. The zero-order chi connectivity index (χ0) is 16.1. The van der Waals surface area contributed by atoms with Crippen LogP contribution in [0.3, 0.4) is 0 Å². The summed E-state index contributed by atoms with van der Waals surface area (Å²) < 4.78 is 9.96. The fraction of sp³-hybridized carbons (Fsp3) is 0.429. The molecule has 2 aromatic heterocycles. The van der Waals surface area contributed by atoms with Gasteiger partial charge in [-0.1, -0.05) is 19.0 Å². The number of carboxylic acids is 1. The van der Waals surface area contributed by atoms with Crippen molar-refractivity contribution in [1.29, 1.82) is 0 Å². The number of hydrogen-bond acceptors (Lipinski definition) is 6. The third-order valence-corrected chi connectivity index (χ3v) is 3.06. The van der Waals surface area contributed by atoms with E-state index in [2.05, 4.69) is 15.5 Å². The number of carbonyl (C=O) groups is 2. The van der Waals surface area contributed by atoms with Crippen LogP contribution in [-0.4, -0.2) is 33.2 Å². The Labute approximate surface area is 126 Å². The van der Waals surface area contributed by atoms with E-state index in [-0.39, 0.29) is 24.7 Å². The second kappa shape index (κ2) is 6.88. The first kappa shape index (κ1) is 15.7. The van der Waals surface area contributed by atoms with Crippen LogP contribution in [0.1, 0.15) is 26.2 Å². The number of carbonyl (C=O) groups excluding carboxylic acids is 1. The largest absolute Gasteiger partial charge is 0.480 e. The fourth-order valence-electron chi connectivity index (χ4n) is 1.84. The van der Waals surface area contributed by atoms with Gasteiger partial charge in [-0.05, 0) is 12.0 Å². The SMILES string of the molecule is CC(C)C(NC(=O)CCc1nc(-c2ccoc2)no1)C(=O)O. The van der Waals surface area contributed by atoms with Crippen LogP contribution < -0.4 is 5.32 Å². The van der Waals surface area contributed by atoms with Crippen LogP contribution in [-0.2, 0) is 16.0 Å². The lowest BCUT2D eigenvalue weighted by molar-refractivity contribution is -0.143. The summed E-state index contributed by atoms with van der Waals surface area (Å²) >= 11 is 0. The first-order valence-corrected chi connectivity index (χ1v) is 6.84. The molecule has 0 fully saturated rings. The van der Waals surface area contributed by atoms with E-state index in [9.17, 15) is 9.59 Å². The maximum Gasteiger partial charge on any atom is 0.326 e. The van der Waals surface area contributed by atoms with E-state index in [0.29, 0.717) is 17.3 Å². The molecule has 1 amide bonds. The lowest BCUT2D eigenvalue weighted by Crippen LogP contribution is -2.44. The summed E-state index contributed by atoms with van der Waals surface area (Å²) in [4.78, 5) is 27.0. The molecule has 0 spiro atoms. The molecule has 0 aliphatic carbocycles. The molecule has 0 bridgehead atoms. The molecule has 8 heteroatoms. The Morgan fingerprint density at radius 3 is 2.77 bits per heavy atom. The molecule has 22 heavy (non-hydrogen) atoms. The number of nitrogens with one attached hydrogen (secondary N) is 1. The van der Waals surface area contributed by atoms with Crippen molar-refractivity contribution < 1.29 is 23.6 Å². The van der Waals surface area contributed by atoms with Gasteiger partial charge in [-0.25, -0.2) is 4.79 Å². The molecule has 1 unspecified atom stereocenters. The van der Waals surface area contributed by atoms with Crippen LogP contribution in [0, 0.1) is 5.92 Å². The molecule has 0 aliphatic heterocycles. The standard InChI is InChI=1S/C14H17N3O5/c1-8(2)12(14(19)20)15-10(18)3-4-11-16-13(17-22-11)9-5-6-21-7-9/h5-8,12H,3-4H2,1-2H3,(H,15,18)(H,19,20). The Hall–Kier alpha value is -2.64. The molecule has 0 aromatic carbocycles. The van der Waals surface area contributed by atoms with E-state index in [1.807, 2.05) is 0 Å². The monoisotopic (exact) mass is 307 g/mol. The smallest absolute Gasteiger partial charge is 0.326 e. The summed E-state index contributed by atoms with van der Waals surface area (Å²) in [7, 11) is 0. The van der Waals surface area contributed by atoms with E-state index < -0.39 is 12.0 Å². The normalized spacial score (nSPS) is 12.3. The van der Waals surface area contributed by atoms with Crippen LogP contribution in [0.5, 0.6) is 0 Å². The first-order valence-electron chi connectivity index (χ1n) is 6.84. The zero-order valence-corrected chi connectivity index (χ0v) is 12.3. The Morgan fingerprint density at radius 2 is 2.18 bits per heavy atom. The minimum Gasteiger partial charge on any atom is -0.480 e. The minimum atomic E-state index is -1.05. The first-order chi connectivity index (χ1) is 10.5. The Balaban J connectivity index is 1.87. The molecule has 2 aromatic rings. The van der Waals surface area contributed by atoms with Gasteiger partial charge < -0.3 is 19.4 Å². The number of rotatable bonds is 7. The van der Waals surface area contributed by atoms with Crippen LogP contribution in [0.15, 0.2) is 27.5 Å². The van der Waals surface area contributed by atoms with Crippen LogP contribution >= 0.6 is 0 Å². The molecule has 118 valence electrons. The van der Waals surface area contributed by atoms with Crippen molar-refractivity contribution in [3.05, 3.63) is 24.5 Å². The van der Waals surface area contributed by atoms with Gasteiger partial charge in [0.2, 0.25) is 17.6 Å². The molecule has 0 saturated heterocycles. The molecule has 2 N–H and O–H groups in total. The van der Waals surface area contributed by atoms with Crippen molar-refractivity contribution in [3.8, 4) is 11.4 Å². The Bertz CT molecular complexity index is 633. The zero-order valence-electron chi connectivity index (χ0n) is 12.3.